The fraction of sp³-hybridized carbons (Fsp3) is 0.0909. The van der Waals surface area contributed by atoms with Crippen molar-refractivity contribution in [2.24, 2.45) is 0 Å². The molecule has 1 aromatic carbocycles. The summed E-state index contributed by atoms with van der Waals surface area (Å²) in [6.45, 7) is 1.69. The lowest BCUT2D eigenvalue weighted by Crippen LogP contribution is -1.92. The van der Waals surface area contributed by atoms with E-state index in [2.05, 4.69) is 25.6 Å². The number of carbonyl (C=O) groups is 1. The summed E-state index contributed by atoms with van der Waals surface area (Å²) in [5.74, 6) is -2.14. The number of aromatic carboxylic acids is 1. The second-order valence-electron chi connectivity index (χ2n) is 3.63. The number of aromatic nitrogens is 1. The molecule has 0 saturated heterocycles. The van der Waals surface area contributed by atoms with Gasteiger partial charge in [0.2, 0.25) is 5.76 Å². The Morgan fingerprint density at radius 1 is 1.39 bits per heavy atom. The number of aromatic hydroxyl groups is 2. The van der Waals surface area contributed by atoms with Gasteiger partial charge in [0.05, 0.1) is 4.47 Å². The van der Waals surface area contributed by atoms with Crippen molar-refractivity contribution in [3.63, 3.8) is 0 Å². The van der Waals surface area contributed by atoms with Gasteiger partial charge in [0, 0.05) is 11.6 Å². The Morgan fingerprint density at radius 3 is 2.61 bits per heavy atom. The molecule has 6 nitrogen and oxygen atoms in total. The van der Waals surface area contributed by atoms with E-state index in [4.69, 9.17) is 5.11 Å². The predicted octanol–water partition coefficient (Wildman–Crippen LogP) is 2.52. The molecule has 0 unspecified atom stereocenters. The van der Waals surface area contributed by atoms with Gasteiger partial charge in [-0.25, -0.2) is 4.79 Å². The van der Waals surface area contributed by atoms with Gasteiger partial charge < -0.3 is 19.8 Å². The first kappa shape index (κ1) is 12.4. The standard InChI is InChI=1S/C11H8BrNO5/c1-4-2-6(14)10(15)9(12)8(4)5-3-7(11(16)17)18-13-5/h2-3,14-15H,1H3,(H,16,17). The molecule has 0 aliphatic rings. The van der Waals surface area contributed by atoms with E-state index in [1.165, 1.54) is 12.1 Å². The van der Waals surface area contributed by atoms with Crippen LogP contribution in [0.25, 0.3) is 11.3 Å². The number of benzene rings is 1. The lowest BCUT2D eigenvalue weighted by Gasteiger charge is -2.08. The number of phenols is 2. The van der Waals surface area contributed by atoms with Crippen molar-refractivity contribution < 1.29 is 24.6 Å². The van der Waals surface area contributed by atoms with Gasteiger partial charge in [-0.15, -0.1) is 0 Å². The SMILES string of the molecule is Cc1cc(O)c(O)c(Br)c1-c1cc(C(=O)O)on1. The minimum Gasteiger partial charge on any atom is -0.504 e. The van der Waals surface area contributed by atoms with Gasteiger partial charge in [0.25, 0.3) is 0 Å². The van der Waals surface area contributed by atoms with Crippen LogP contribution in [0.4, 0.5) is 0 Å². The Morgan fingerprint density at radius 2 is 2.06 bits per heavy atom. The molecule has 0 aliphatic heterocycles. The first-order chi connectivity index (χ1) is 8.41. The van der Waals surface area contributed by atoms with Gasteiger partial charge in [-0.2, -0.15) is 0 Å². The molecule has 0 spiro atoms. The van der Waals surface area contributed by atoms with Crippen molar-refractivity contribution in [1.29, 1.82) is 0 Å². The van der Waals surface area contributed by atoms with Crippen molar-refractivity contribution in [1.82, 2.24) is 5.16 Å². The Labute approximate surface area is 110 Å². The molecular formula is C11H8BrNO5. The van der Waals surface area contributed by atoms with E-state index in [0.717, 1.165) is 0 Å². The molecule has 2 aromatic rings. The average molecular weight is 314 g/mol. The average Bonchev–Trinajstić information content (AvgIpc) is 2.75. The fourth-order valence-corrected chi connectivity index (χ4v) is 2.28. The second kappa shape index (κ2) is 4.34. The van der Waals surface area contributed by atoms with E-state index in [1.54, 1.807) is 6.92 Å². The topological polar surface area (TPSA) is 104 Å². The van der Waals surface area contributed by atoms with Gasteiger partial charge in [-0.1, -0.05) is 5.16 Å². The van der Waals surface area contributed by atoms with Crippen LogP contribution in [0.5, 0.6) is 11.5 Å². The number of hydrogen-bond acceptors (Lipinski definition) is 5. The smallest absolute Gasteiger partial charge is 0.374 e. The Kier molecular flexibility index (Phi) is 3.00. The number of aryl methyl sites for hydroxylation is 1. The number of nitrogens with zero attached hydrogens (tertiary/aromatic N) is 1. The van der Waals surface area contributed by atoms with E-state index >= 15 is 0 Å². The van der Waals surface area contributed by atoms with Crippen LogP contribution in [-0.4, -0.2) is 26.4 Å². The maximum Gasteiger partial charge on any atom is 0.374 e. The van der Waals surface area contributed by atoms with E-state index in [9.17, 15) is 15.0 Å². The predicted molar refractivity (Wildman–Crippen MR) is 64.7 cm³/mol. The summed E-state index contributed by atoms with van der Waals surface area (Å²) in [5.41, 5.74) is 1.33. The molecule has 1 heterocycles. The van der Waals surface area contributed by atoms with Crippen molar-refractivity contribution in [2.45, 2.75) is 6.92 Å². The number of rotatable bonds is 2. The van der Waals surface area contributed by atoms with E-state index in [0.29, 0.717) is 11.1 Å². The Bertz CT molecular complexity index is 635. The lowest BCUT2D eigenvalue weighted by molar-refractivity contribution is 0.0652. The van der Waals surface area contributed by atoms with Crippen molar-refractivity contribution in [2.75, 3.05) is 0 Å². The zero-order valence-electron chi connectivity index (χ0n) is 9.14. The van der Waals surface area contributed by atoms with Gasteiger partial charge >= 0.3 is 5.97 Å². The van der Waals surface area contributed by atoms with Crippen LogP contribution in [0.2, 0.25) is 0 Å². The second-order valence-corrected chi connectivity index (χ2v) is 4.42. The maximum atomic E-state index is 10.7. The van der Waals surface area contributed by atoms with E-state index in [-0.39, 0.29) is 27.4 Å². The van der Waals surface area contributed by atoms with Crippen LogP contribution in [0.15, 0.2) is 21.1 Å². The van der Waals surface area contributed by atoms with Crippen LogP contribution in [-0.2, 0) is 0 Å². The highest BCUT2D eigenvalue weighted by atomic mass is 79.9. The largest absolute Gasteiger partial charge is 0.504 e. The lowest BCUT2D eigenvalue weighted by atomic mass is 10.0. The summed E-state index contributed by atoms with van der Waals surface area (Å²) >= 11 is 3.13. The molecule has 0 aliphatic carbocycles. The van der Waals surface area contributed by atoms with Gasteiger partial charge in [-0.05, 0) is 34.5 Å². The number of halogens is 1. The molecule has 7 heteroatoms. The first-order valence-electron chi connectivity index (χ1n) is 4.83. The number of phenolic OH excluding ortho intramolecular Hbond substituents is 2. The normalized spacial score (nSPS) is 10.6. The van der Waals surface area contributed by atoms with E-state index in [1.807, 2.05) is 0 Å². The minimum atomic E-state index is -1.23. The Balaban J connectivity index is 2.63. The summed E-state index contributed by atoms with van der Waals surface area (Å²) < 4.78 is 4.87. The van der Waals surface area contributed by atoms with Crippen molar-refractivity contribution in [3.05, 3.63) is 27.9 Å². The highest BCUT2D eigenvalue weighted by Gasteiger charge is 2.19. The van der Waals surface area contributed by atoms with Crippen LogP contribution < -0.4 is 0 Å². The molecule has 18 heavy (non-hydrogen) atoms. The molecule has 0 amide bonds. The fourth-order valence-electron chi connectivity index (χ4n) is 1.56. The third-order valence-electron chi connectivity index (χ3n) is 2.39. The molecule has 3 N–H and O–H groups in total. The summed E-state index contributed by atoms with van der Waals surface area (Å²) in [4.78, 5) is 10.7. The molecule has 0 saturated carbocycles. The molecule has 0 radical (unpaired) electrons. The molecule has 94 valence electrons. The van der Waals surface area contributed by atoms with Crippen molar-refractivity contribution >= 4 is 21.9 Å². The molecule has 2 rings (SSSR count). The van der Waals surface area contributed by atoms with E-state index < -0.39 is 5.97 Å². The molecule has 1 aromatic heterocycles. The van der Waals surface area contributed by atoms with Crippen LogP contribution in [0, 0.1) is 6.92 Å². The summed E-state index contributed by atoms with van der Waals surface area (Å²) in [6, 6.07) is 2.59. The van der Waals surface area contributed by atoms with Crippen LogP contribution >= 0.6 is 15.9 Å². The van der Waals surface area contributed by atoms with Gasteiger partial charge in [0.1, 0.15) is 5.69 Å². The number of hydrogen-bond donors (Lipinski definition) is 3. The third kappa shape index (κ3) is 1.92. The zero-order chi connectivity index (χ0) is 13.4. The first-order valence-corrected chi connectivity index (χ1v) is 5.62. The van der Waals surface area contributed by atoms with Gasteiger partial charge in [-0.3, -0.25) is 0 Å². The van der Waals surface area contributed by atoms with Gasteiger partial charge in [0.15, 0.2) is 11.5 Å². The number of carboxylic acids is 1. The van der Waals surface area contributed by atoms with Crippen LogP contribution in [0.3, 0.4) is 0 Å². The monoisotopic (exact) mass is 313 g/mol. The molecule has 0 atom stereocenters. The summed E-state index contributed by atoms with van der Waals surface area (Å²) in [6.07, 6.45) is 0. The number of carboxylic acid groups (broad SMARTS) is 1. The summed E-state index contributed by atoms with van der Waals surface area (Å²) in [5, 5.41) is 31.4. The highest BCUT2D eigenvalue weighted by Crippen LogP contribution is 2.42. The third-order valence-corrected chi connectivity index (χ3v) is 3.17. The maximum absolute atomic E-state index is 10.7. The zero-order valence-corrected chi connectivity index (χ0v) is 10.7. The summed E-state index contributed by atoms with van der Waals surface area (Å²) in [7, 11) is 0. The quantitative estimate of drug-likeness (QED) is 0.736. The molecular weight excluding hydrogens is 306 g/mol. The highest BCUT2D eigenvalue weighted by molar-refractivity contribution is 9.10. The minimum absolute atomic E-state index is 0.227. The Hall–Kier alpha value is -2.02. The molecule has 0 fully saturated rings. The van der Waals surface area contributed by atoms with Crippen LogP contribution in [0.1, 0.15) is 16.1 Å². The molecule has 0 bridgehead atoms. The van der Waals surface area contributed by atoms with Crippen molar-refractivity contribution in [3.8, 4) is 22.8 Å².